The third kappa shape index (κ3) is 6.90. The Morgan fingerprint density at radius 1 is 1.06 bits per heavy atom. The van der Waals surface area contributed by atoms with E-state index in [-0.39, 0.29) is 40.4 Å². The first-order chi connectivity index (χ1) is 17.1. The maximum atomic E-state index is 14.0. The summed E-state index contributed by atoms with van der Waals surface area (Å²) in [6.07, 6.45) is 8.50. The van der Waals surface area contributed by atoms with Crippen molar-refractivity contribution >= 4 is 28.9 Å². The van der Waals surface area contributed by atoms with Crippen LogP contribution in [0.15, 0.2) is 6.07 Å². The Bertz CT molecular complexity index is 978. The summed E-state index contributed by atoms with van der Waals surface area (Å²) in [5, 5.41) is 10.1. The van der Waals surface area contributed by atoms with E-state index in [4.69, 9.17) is 9.47 Å². The predicted molar refractivity (Wildman–Crippen MR) is 143 cm³/mol. The van der Waals surface area contributed by atoms with Gasteiger partial charge in [0, 0.05) is 24.0 Å². The molecule has 1 saturated heterocycles. The molecule has 1 N–H and O–H groups in total. The first kappa shape index (κ1) is 27.2. The van der Waals surface area contributed by atoms with Gasteiger partial charge in [0.15, 0.2) is 0 Å². The number of hydrogen-bond donors (Lipinski definition) is 1. The lowest BCUT2D eigenvalue weighted by atomic mass is 9.81. The molecule has 4 rings (SSSR count). The lowest BCUT2D eigenvalue weighted by Crippen LogP contribution is -2.47. The van der Waals surface area contributed by atoms with Gasteiger partial charge in [0.1, 0.15) is 4.88 Å². The van der Waals surface area contributed by atoms with Crippen LogP contribution in [0.2, 0.25) is 0 Å². The zero-order valence-electron chi connectivity index (χ0n) is 22.2. The lowest BCUT2D eigenvalue weighted by Gasteiger charge is -2.39. The van der Waals surface area contributed by atoms with E-state index >= 15 is 0 Å². The van der Waals surface area contributed by atoms with Gasteiger partial charge in [-0.3, -0.25) is 4.79 Å². The molecule has 1 amide bonds. The van der Waals surface area contributed by atoms with Crippen molar-refractivity contribution in [1.29, 1.82) is 0 Å². The average Bonchev–Trinajstić information content (AvgIpc) is 3.49. The Morgan fingerprint density at radius 2 is 1.75 bits per heavy atom. The summed E-state index contributed by atoms with van der Waals surface area (Å²) in [5.41, 5.74) is 0.341. The van der Waals surface area contributed by atoms with Crippen LogP contribution in [-0.2, 0) is 14.3 Å². The van der Waals surface area contributed by atoms with E-state index in [1.165, 1.54) is 11.3 Å². The first-order valence-electron chi connectivity index (χ1n) is 13.6. The molecule has 7 heteroatoms. The fraction of sp³-hybridized carbons (Fsp3) is 0.724. The van der Waals surface area contributed by atoms with Crippen molar-refractivity contribution in [3.8, 4) is 11.8 Å². The van der Waals surface area contributed by atoms with E-state index < -0.39 is 5.97 Å². The molecular weight excluding hydrogens is 474 g/mol. The molecule has 198 valence electrons. The zero-order chi connectivity index (χ0) is 25.9. The molecule has 0 spiro atoms. The van der Waals surface area contributed by atoms with Gasteiger partial charge in [-0.05, 0) is 90.5 Å². The number of carbonyl (C=O) groups excluding carboxylic acids is 1. The van der Waals surface area contributed by atoms with Gasteiger partial charge in [-0.1, -0.05) is 18.8 Å². The lowest BCUT2D eigenvalue weighted by molar-refractivity contribution is -0.124. The predicted octanol–water partition coefficient (Wildman–Crippen LogP) is 6.12. The van der Waals surface area contributed by atoms with E-state index in [1.54, 1.807) is 0 Å². The van der Waals surface area contributed by atoms with E-state index in [0.29, 0.717) is 23.1 Å². The van der Waals surface area contributed by atoms with Crippen LogP contribution in [0.25, 0.3) is 0 Å². The van der Waals surface area contributed by atoms with Gasteiger partial charge in [0.2, 0.25) is 5.91 Å². The van der Waals surface area contributed by atoms with Gasteiger partial charge >= 0.3 is 5.97 Å². The molecule has 3 aliphatic rings. The van der Waals surface area contributed by atoms with Crippen molar-refractivity contribution in [1.82, 2.24) is 0 Å². The zero-order valence-corrected chi connectivity index (χ0v) is 23.0. The minimum Gasteiger partial charge on any atom is -0.477 e. The standard InChI is InChI=1S/C29H41NO5S/c1-19-5-7-20(8-6-19)27(31)30(21-9-11-22(12-10-21)35-23-14-16-34-18-23)25-17-24(13-15-29(2,3)4)36-26(25)28(32)33/h17,19-23H,5-12,14,16,18H2,1-4H3,(H,32,33)/t19-,20-,21-,22+,23-/m1/s1. The molecule has 1 aromatic heterocycles. The van der Waals surface area contributed by atoms with Gasteiger partial charge in [-0.25, -0.2) is 4.79 Å². The topological polar surface area (TPSA) is 76.1 Å². The minimum absolute atomic E-state index is 0.0207. The summed E-state index contributed by atoms with van der Waals surface area (Å²) in [6.45, 7) is 9.77. The summed E-state index contributed by atoms with van der Waals surface area (Å²) >= 11 is 1.18. The Hall–Kier alpha value is -1.88. The fourth-order valence-corrected chi connectivity index (χ4v) is 6.40. The smallest absolute Gasteiger partial charge is 0.348 e. The molecule has 1 aromatic rings. The van der Waals surface area contributed by atoms with Crippen LogP contribution in [0.3, 0.4) is 0 Å². The van der Waals surface area contributed by atoms with Gasteiger partial charge in [-0.2, -0.15) is 0 Å². The highest BCUT2D eigenvalue weighted by Gasteiger charge is 2.38. The van der Waals surface area contributed by atoms with Crippen LogP contribution in [0.5, 0.6) is 0 Å². The number of thiophene rings is 1. The van der Waals surface area contributed by atoms with Crippen LogP contribution in [0.4, 0.5) is 5.69 Å². The molecule has 0 bridgehead atoms. The third-order valence-electron chi connectivity index (χ3n) is 7.61. The Balaban J connectivity index is 1.60. The van der Waals surface area contributed by atoms with Crippen molar-refractivity contribution in [2.24, 2.45) is 17.3 Å². The van der Waals surface area contributed by atoms with Gasteiger partial charge < -0.3 is 19.5 Å². The van der Waals surface area contributed by atoms with Crippen molar-refractivity contribution in [3.63, 3.8) is 0 Å². The number of anilines is 1. The third-order valence-corrected chi connectivity index (χ3v) is 8.64. The average molecular weight is 516 g/mol. The van der Waals surface area contributed by atoms with Gasteiger partial charge in [-0.15, -0.1) is 11.3 Å². The quantitative estimate of drug-likeness (QED) is 0.462. The largest absolute Gasteiger partial charge is 0.477 e. The van der Waals surface area contributed by atoms with Crippen molar-refractivity contribution < 1.29 is 24.2 Å². The molecule has 1 aliphatic heterocycles. The number of carboxylic acids is 1. The SMILES string of the molecule is CC(C)(C)C#Cc1cc(N(C(=O)[C@H]2CC[C@H](C)CC2)[C@H]2CC[C@@H](O[C@@H]3CCOC3)CC2)c(C(=O)O)s1. The number of amides is 1. The number of aromatic carboxylic acids is 1. The number of carboxylic acid groups (broad SMARTS) is 1. The first-order valence-corrected chi connectivity index (χ1v) is 14.4. The van der Waals surface area contributed by atoms with E-state index in [1.807, 2.05) is 31.7 Å². The molecule has 0 radical (unpaired) electrons. The molecule has 2 saturated carbocycles. The number of hydrogen-bond acceptors (Lipinski definition) is 5. The molecule has 0 unspecified atom stereocenters. The Morgan fingerprint density at radius 3 is 2.33 bits per heavy atom. The van der Waals surface area contributed by atoms with Crippen LogP contribution >= 0.6 is 11.3 Å². The summed E-state index contributed by atoms with van der Waals surface area (Å²) < 4.78 is 11.7. The van der Waals surface area contributed by atoms with Crippen LogP contribution in [-0.4, -0.2) is 48.4 Å². The van der Waals surface area contributed by atoms with E-state index in [9.17, 15) is 14.7 Å². The number of nitrogens with zero attached hydrogens (tertiary/aromatic N) is 1. The molecule has 1 atom stereocenters. The number of rotatable bonds is 6. The summed E-state index contributed by atoms with van der Waals surface area (Å²) in [5.74, 6) is 6.07. The molecule has 0 aromatic carbocycles. The van der Waals surface area contributed by atoms with Crippen molar-refractivity contribution in [3.05, 3.63) is 15.8 Å². The minimum atomic E-state index is -0.993. The highest BCUT2D eigenvalue weighted by Crippen LogP contribution is 2.39. The van der Waals surface area contributed by atoms with Crippen LogP contribution in [0, 0.1) is 29.1 Å². The molecule has 36 heavy (non-hydrogen) atoms. The normalized spacial score (nSPS) is 28.8. The van der Waals surface area contributed by atoms with Crippen molar-refractivity contribution in [2.75, 3.05) is 18.1 Å². The summed E-state index contributed by atoms with van der Waals surface area (Å²) in [6, 6.07) is 1.82. The maximum Gasteiger partial charge on any atom is 0.348 e. The summed E-state index contributed by atoms with van der Waals surface area (Å²) in [7, 11) is 0. The second kappa shape index (κ2) is 11.7. The fourth-order valence-electron chi connectivity index (χ4n) is 5.56. The van der Waals surface area contributed by atoms with E-state index in [2.05, 4.69) is 18.8 Å². The van der Waals surface area contributed by atoms with Gasteiger partial charge in [0.25, 0.3) is 0 Å². The monoisotopic (exact) mass is 515 g/mol. The second-order valence-electron chi connectivity index (χ2n) is 11.8. The van der Waals surface area contributed by atoms with Crippen LogP contribution < -0.4 is 4.90 Å². The number of carbonyl (C=O) groups is 2. The Labute approximate surface area is 219 Å². The molecule has 2 heterocycles. The molecule has 6 nitrogen and oxygen atoms in total. The van der Waals surface area contributed by atoms with Crippen LogP contribution in [0.1, 0.15) is 100 Å². The molecule has 2 aliphatic carbocycles. The molecular formula is C29H41NO5S. The highest BCUT2D eigenvalue weighted by atomic mass is 32.1. The summed E-state index contributed by atoms with van der Waals surface area (Å²) in [4.78, 5) is 29.1. The van der Waals surface area contributed by atoms with Gasteiger partial charge in [0.05, 0.1) is 29.4 Å². The Kier molecular flexibility index (Phi) is 8.80. The maximum absolute atomic E-state index is 14.0. The van der Waals surface area contributed by atoms with E-state index in [0.717, 1.165) is 64.4 Å². The highest BCUT2D eigenvalue weighted by molar-refractivity contribution is 7.15. The van der Waals surface area contributed by atoms with Crippen molar-refractivity contribution in [2.45, 2.75) is 104 Å². The molecule has 3 fully saturated rings. The number of ether oxygens (including phenoxy) is 2. The second-order valence-corrected chi connectivity index (χ2v) is 12.9.